The highest BCUT2D eigenvalue weighted by atomic mass is 16.5. The maximum atomic E-state index is 12.1. The second-order valence-electron chi connectivity index (χ2n) is 5.88. The van der Waals surface area contributed by atoms with Crippen LogP contribution in [0.15, 0.2) is 27.4 Å². The van der Waals surface area contributed by atoms with Gasteiger partial charge in [-0.1, -0.05) is 45.1 Å². The summed E-state index contributed by atoms with van der Waals surface area (Å²) in [5.41, 5.74) is -0.500. The number of aliphatic hydroxyl groups is 1. The Morgan fingerprint density at radius 2 is 1.80 bits per heavy atom. The molecule has 0 aliphatic carbocycles. The van der Waals surface area contributed by atoms with Crippen LogP contribution in [-0.4, -0.2) is 30.0 Å². The normalized spacial score (nSPS) is 11.0. The van der Waals surface area contributed by atoms with Crippen molar-refractivity contribution < 1.29 is 24.1 Å². The van der Waals surface area contributed by atoms with E-state index in [-0.39, 0.29) is 35.7 Å². The molecule has 0 unspecified atom stereocenters. The van der Waals surface area contributed by atoms with Crippen molar-refractivity contribution in [3.63, 3.8) is 0 Å². The van der Waals surface area contributed by atoms with Gasteiger partial charge in [0.25, 0.3) is 0 Å². The third-order valence-electron chi connectivity index (χ3n) is 3.92. The molecule has 0 aliphatic heterocycles. The Morgan fingerprint density at radius 1 is 1.04 bits per heavy atom. The number of aromatic hydroxyl groups is 1. The highest BCUT2D eigenvalue weighted by Crippen LogP contribution is 2.37. The highest BCUT2D eigenvalue weighted by Gasteiger charge is 2.18. The van der Waals surface area contributed by atoms with Crippen LogP contribution in [0.2, 0.25) is 0 Å². The molecule has 1 aromatic heterocycles. The standard InChI is InChI=1S/C19H26O6/c1-2-3-4-5-6-7-12-24-18-17(21)16-14(23-13-11-20)9-8-10-15(16)25-19(18)22/h8-10,20-21H,2-7,11-13H2,1H3. The molecular weight excluding hydrogens is 324 g/mol. The van der Waals surface area contributed by atoms with Gasteiger partial charge in [-0.3, -0.25) is 0 Å². The summed E-state index contributed by atoms with van der Waals surface area (Å²) in [4.78, 5) is 12.1. The van der Waals surface area contributed by atoms with Gasteiger partial charge < -0.3 is 24.1 Å². The molecule has 0 amide bonds. The first-order chi connectivity index (χ1) is 12.2. The first-order valence-corrected chi connectivity index (χ1v) is 8.84. The van der Waals surface area contributed by atoms with Gasteiger partial charge in [0.1, 0.15) is 23.3 Å². The number of unbranched alkanes of at least 4 members (excludes halogenated alkanes) is 5. The van der Waals surface area contributed by atoms with E-state index in [0.29, 0.717) is 12.4 Å². The molecule has 0 bridgehead atoms. The summed E-state index contributed by atoms with van der Waals surface area (Å²) in [6.07, 6.45) is 6.59. The Labute approximate surface area is 147 Å². The van der Waals surface area contributed by atoms with Crippen molar-refractivity contribution in [2.75, 3.05) is 19.8 Å². The van der Waals surface area contributed by atoms with E-state index >= 15 is 0 Å². The van der Waals surface area contributed by atoms with Crippen LogP contribution in [-0.2, 0) is 0 Å². The molecule has 0 atom stereocenters. The van der Waals surface area contributed by atoms with Gasteiger partial charge in [0, 0.05) is 0 Å². The van der Waals surface area contributed by atoms with Crippen LogP contribution in [0, 0.1) is 0 Å². The fourth-order valence-corrected chi connectivity index (χ4v) is 2.65. The van der Waals surface area contributed by atoms with E-state index in [9.17, 15) is 9.90 Å². The van der Waals surface area contributed by atoms with Gasteiger partial charge in [-0.05, 0) is 18.6 Å². The van der Waals surface area contributed by atoms with Crippen LogP contribution in [0.4, 0.5) is 0 Å². The fraction of sp³-hybridized carbons (Fsp3) is 0.526. The summed E-state index contributed by atoms with van der Waals surface area (Å²) in [6, 6.07) is 4.85. The lowest BCUT2D eigenvalue weighted by atomic mass is 10.1. The molecule has 2 rings (SSSR count). The molecule has 0 saturated heterocycles. The third kappa shape index (κ3) is 5.13. The van der Waals surface area contributed by atoms with Gasteiger partial charge in [-0.25, -0.2) is 4.79 Å². The Bertz CT molecular complexity index is 722. The van der Waals surface area contributed by atoms with Crippen molar-refractivity contribution in [3.05, 3.63) is 28.6 Å². The third-order valence-corrected chi connectivity index (χ3v) is 3.92. The monoisotopic (exact) mass is 350 g/mol. The zero-order valence-corrected chi connectivity index (χ0v) is 14.6. The molecule has 6 heteroatoms. The number of aliphatic hydroxyl groups excluding tert-OH is 1. The average Bonchev–Trinajstić information content (AvgIpc) is 2.61. The highest BCUT2D eigenvalue weighted by molar-refractivity contribution is 5.91. The number of rotatable bonds is 11. The minimum Gasteiger partial charge on any atom is -0.503 e. The molecule has 2 N–H and O–H groups in total. The Kier molecular flexibility index (Phi) is 7.60. The molecular formula is C19H26O6. The number of hydrogen-bond acceptors (Lipinski definition) is 6. The lowest BCUT2D eigenvalue weighted by molar-refractivity contribution is 0.202. The number of ether oxygens (including phenoxy) is 2. The van der Waals surface area contributed by atoms with Crippen LogP contribution in [0.3, 0.4) is 0 Å². The molecule has 1 heterocycles. The molecule has 0 radical (unpaired) electrons. The van der Waals surface area contributed by atoms with E-state index in [0.717, 1.165) is 19.3 Å². The van der Waals surface area contributed by atoms with Gasteiger partial charge in [-0.2, -0.15) is 0 Å². The lowest BCUT2D eigenvalue weighted by Gasteiger charge is -2.11. The average molecular weight is 350 g/mol. The summed E-state index contributed by atoms with van der Waals surface area (Å²) >= 11 is 0. The predicted molar refractivity (Wildman–Crippen MR) is 95.6 cm³/mol. The molecule has 0 fully saturated rings. The summed E-state index contributed by atoms with van der Waals surface area (Å²) in [6.45, 7) is 2.43. The van der Waals surface area contributed by atoms with Crippen LogP contribution in [0.1, 0.15) is 45.4 Å². The summed E-state index contributed by atoms with van der Waals surface area (Å²) in [5.74, 6) is -0.149. The van der Waals surface area contributed by atoms with Gasteiger partial charge >= 0.3 is 5.63 Å². The first kappa shape index (κ1) is 19.1. The minimum absolute atomic E-state index is 0.0750. The van der Waals surface area contributed by atoms with Crippen molar-refractivity contribution in [2.45, 2.75) is 45.4 Å². The number of hydrogen-bond donors (Lipinski definition) is 2. The molecule has 0 aliphatic rings. The second kappa shape index (κ2) is 9.93. The fourth-order valence-electron chi connectivity index (χ4n) is 2.65. The zero-order valence-electron chi connectivity index (χ0n) is 14.6. The van der Waals surface area contributed by atoms with E-state index in [1.54, 1.807) is 18.2 Å². The Balaban J connectivity index is 2.10. The van der Waals surface area contributed by atoms with Crippen LogP contribution >= 0.6 is 0 Å². The smallest absolute Gasteiger partial charge is 0.383 e. The van der Waals surface area contributed by atoms with Crippen molar-refractivity contribution in [1.82, 2.24) is 0 Å². The molecule has 0 spiro atoms. The molecule has 6 nitrogen and oxygen atoms in total. The SMILES string of the molecule is CCCCCCCCOc1c(O)c2c(OCCO)cccc2oc1=O. The van der Waals surface area contributed by atoms with E-state index < -0.39 is 5.63 Å². The van der Waals surface area contributed by atoms with Crippen molar-refractivity contribution in [2.24, 2.45) is 0 Å². The summed E-state index contributed by atoms with van der Waals surface area (Å²) in [7, 11) is 0. The van der Waals surface area contributed by atoms with Gasteiger partial charge in [0.05, 0.1) is 13.2 Å². The van der Waals surface area contributed by atoms with E-state index in [1.165, 1.54) is 19.3 Å². The first-order valence-electron chi connectivity index (χ1n) is 8.84. The van der Waals surface area contributed by atoms with Crippen molar-refractivity contribution in [1.29, 1.82) is 0 Å². The summed E-state index contributed by atoms with van der Waals surface area (Å²) < 4.78 is 16.1. The van der Waals surface area contributed by atoms with Crippen molar-refractivity contribution in [3.8, 4) is 17.2 Å². The van der Waals surface area contributed by atoms with E-state index in [4.69, 9.17) is 19.0 Å². The van der Waals surface area contributed by atoms with E-state index in [2.05, 4.69) is 6.92 Å². The lowest BCUT2D eigenvalue weighted by Crippen LogP contribution is -2.09. The predicted octanol–water partition coefficient (Wildman–Crippen LogP) is 3.61. The van der Waals surface area contributed by atoms with Gasteiger partial charge in [0.2, 0.25) is 5.75 Å². The molecule has 25 heavy (non-hydrogen) atoms. The van der Waals surface area contributed by atoms with E-state index in [1.807, 2.05) is 0 Å². The molecule has 1 aromatic carbocycles. The van der Waals surface area contributed by atoms with Gasteiger partial charge in [0.15, 0.2) is 5.75 Å². The molecule has 0 saturated carbocycles. The Morgan fingerprint density at radius 3 is 2.56 bits per heavy atom. The topological polar surface area (TPSA) is 89.1 Å². The van der Waals surface area contributed by atoms with Crippen molar-refractivity contribution >= 4 is 11.0 Å². The molecule has 2 aromatic rings. The molecule has 138 valence electrons. The maximum Gasteiger partial charge on any atom is 0.383 e. The minimum atomic E-state index is -0.713. The Hall–Kier alpha value is -2.21. The zero-order chi connectivity index (χ0) is 18.1. The van der Waals surface area contributed by atoms with Crippen LogP contribution in [0.5, 0.6) is 17.2 Å². The quantitative estimate of drug-likeness (QED) is 0.475. The van der Waals surface area contributed by atoms with Crippen LogP contribution in [0.25, 0.3) is 11.0 Å². The van der Waals surface area contributed by atoms with Gasteiger partial charge in [-0.15, -0.1) is 0 Å². The van der Waals surface area contributed by atoms with Crippen LogP contribution < -0.4 is 15.1 Å². The summed E-state index contributed by atoms with van der Waals surface area (Å²) in [5, 5.41) is 19.6. The number of fused-ring (bicyclic) bond motifs is 1. The largest absolute Gasteiger partial charge is 0.503 e. The number of benzene rings is 1. The maximum absolute atomic E-state index is 12.1. The second-order valence-corrected chi connectivity index (χ2v) is 5.88.